The number of carboxylic acid groups (broad SMARTS) is 1. The number of amides is 2. The SMILES string of the molecule is CC(C)(C)C1CCN(C(=O)NC2CCCC2(C)C(=O)O)C1. The first-order valence-electron chi connectivity index (χ1n) is 7.93. The van der Waals surface area contributed by atoms with Crippen molar-refractivity contribution in [2.24, 2.45) is 16.7 Å². The van der Waals surface area contributed by atoms with E-state index in [2.05, 4.69) is 26.1 Å². The fourth-order valence-corrected chi connectivity index (χ4v) is 3.55. The van der Waals surface area contributed by atoms with Gasteiger partial charge in [0.2, 0.25) is 0 Å². The van der Waals surface area contributed by atoms with Crippen molar-refractivity contribution in [1.82, 2.24) is 10.2 Å². The number of hydrogen-bond acceptors (Lipinski definition) is 2. The Kier molecular flexibility index (Phi) is 4.22. The van der Waals surface area contributed by atoms with Crippen LogP contribution < -0.4 is 5.32 Å². The lowest BCUT2D eigenvalue weighted by Crippen LogP contribution is -2.51. The highest BCUT2D eigenvalue weighted by molar-refractivity contribution is 5.79. The largest absolute Gasteiger partial charge is 0.481 e. The van der Waals surface area contributed by atoms with Crippen LogP contribution in [0.3, 0.4) is 0 Å². The van der Waals surface area contributed by atoms with Crippen molar-refractivity contribution in [2.45, 2.75) is 59.4 Å². The fraction of sp³-hybridized carbons (Fsp3) is 0.875. The summed E-state index contributed by atoms with van der Waals surface area (Å²) >= 11 is 0. The Hall–Kier alpha value is -1.26. The highest BCUT2D eigenvalue weighted by Crippen LogP contribution is 2.39. The van der Waals surface area contributed by atoms with E-state index in [1.54, 1.807) is 6.92 Å². The Morgan fingerprint density at radius 2 is 1.95 bits per heavy atom. The molecule has 0 aromatic heterocycles. The predicted molar refractivity (Wildman–Crippen MR) is 81.0 cm³/mol. The van der Waals surface area contributed by atoms with E-state index in [9.17, 15) is 14.7 Å². The van der Waals surface area contributed by atoms with Crippen molar-refractivity contribution in [3.8, 4) is 0 Å². The van der Waals surface area contributed by atoms with Gasteiger partial charge in [0.25, 0.3) is 0 Å². The summed E-state index contributed by atoms with van der Waals surface area (Å²) < 4.78 is 0. The molecule has 0 bridgehead atoms. The molecule has 1 saturated heterocycles. The van der Waals surface area contributed by atoms with Gasteiger partial charge in [-0.25, -0.2) is 4.79 Å². The normalized spacial score (nSPS) is 33.2. The number of rotatable bonds is 2. The topological polar surface area (TPSA) is 69.6 Å². The second-order valence-corrected chi connectivity index (χ2v) is 7.91. The molecule has 2 rings (SSSR count). The molecule has 2 fully saturated rings. The first kappa shape index (κ1) is 16.1. The minimum atomic E-state index is -0.821. The van der Waals surface area contributed by atoms with E-state index in [4.69, 9.17) is 0 Å². The molecular formula is C16H28N2O3. The number of likely N-dealkylation sites (tertiary alicyclic amines) is 1. The molecule has 2 N–H and O–H groups in total. The lowest BCUT2D eigenvalue weighted by molar-refractivity contribution is -0.148. The van der Waals surface area contributed by atoms with E-state index >= 15 is 0 Å². The molecule has 1 aliphatic carbocycles. The maximum atomic E-state index is 12.4. The lowest BCUT2D eigenvalue weighted by atomic mass is 9.80. The summed E-state index contributed by atoms with van der Waals surface area (Å²) in [6, 6.07) is -0.350. The van der Waals surface area contributed by atoms with Crippen LogP contribution >= 0.6 is 0 Å². The van der Waals surface area contributed by atoms with Gasteiger partial charge in [0.15, 0.2) is 0 Å². The lowest BCUT2D eigenvalue weighted by Gasteiger charge is -2.30. The number of carboxylic acids is 1. The second kappa shape index (κ2) is 5.50. The number of urea groups is 1. The van der Waals surface area contributed by atoms with Crippen molar-refractivity contribution in [1.29, 1.82) is 0 Å². The van der Waals surface area contributed by atoms with Crippen molar-refractivity contribution < 1.29 is 14.7 Å². The molecular weight excluding hydrogens is 268 g/mol. The van der Waals surface area contributed by atoms with Gasteiger partial charge >= 0.3 is 12.0 Å². The zero-order valence-corrected chi connectivity index (χ0v) is 13.6. The van der Waals surface area contributed by atoms with Gasteiger partial charge in [0.1, 0.15) is 0 Å². The second-order valence-electron chi connectivity index (χ2n) is 7.91. The minimum Gasteiger partial charge on any atom is -0.481 e. The highest BCUT2D eigenvalue weighted by Gasteiger charge is 2.46. The number of carbonyl (C=O) groups excluding carboxylic acids is 1. The van der Waals surface area contributed by atoms with E-state index in [1.807, 2.05) is 4.90 Å². The third-order valence-corrected chi connectivity index (χ3v) is 5.44. The highest BCUT2D eigenvalue weighted by atomic mass is 16.4. The number of hydrogen-bond donors (Lipinski definition) is 2. The smallest absolute Gasteiger partial charge is 0.317 e. The number of nitrogens with zero attached hydrogens (tertiary/aromatic N) is 1. The Morgan fingerprint density at radius 3 is 2.48 bits per heavy atom. The standard InChI is InChI=1S/C16H28N2O3/c1-15(2,3)11-7-9-18(10-11)14(21)17-12-6-5-8-16(12,4)13(19)20/h11-12H,5-10H2,1-4H3,(H,17,21)(H,19,20). The molecule has 0 radical (unpaired) electrons. The summed E-state index contributed by atoms with van der Waals surface area (Å²) in [5, 5.41) is 12.4. The van der Waals surface area contributed by atoms with Gasteiger partial charge in [-0.2, -0.15) is 0 Å². The Morgan fingerprint density at radius 1 is 1.29 bits per heavy atom. The summed E-state index contributed by atoms with van der Waals surface area (Å²) in [4.78, 5) is 25.7. The van der Waals surface area contributed by atoms with Crippen LogP contribution in [0.5, 0.6) is 0 Å². The average molecular weight is 296 g/mol. The van der Waals surface area contributed by atoms with Crippen LogP contribution in [0.25, 0.3) is 0 Å². The average Bonchev–Trinajstić information content (AvgIpc) is 2.97. The Bertz CT molecular complexity index is 430. The van der Waals surface area contributed by atoms with E-state index < -0.39 is 11.4 Å². The zero-order valence-electron chi connectivity index (χ0n) is 13.6. The van der Waals surface area contributed by atoms with E-state index in [1.165, 1.54) is 0 Å². The van der Waals surface area contributed by atoms with Crippen molar-refractivity contribution in [3.05, 3.63) is 0 Å². The van der Waals surface area contributed by atoms with Gasteiger partial charge in [-0.1, -0.05) is 27.2 Å². The molecule has 5 heteroatoms. The maximum absolute atomic E-state index is 12.4. The third kappa shape index (κ3) is 3.16. The molecule has 1 heterocycles. The molecule has 21 heavy (non-hydrogen) atoms. The fourth-order valence-electron chi connectivity index (χ4n) is 3.55. The number of aliphatic carboxylic acids is 1. The van der Waals surface area contributed by atoms with Crippen LogP contribution in [0.4, 0.5) is 4.79 Å². The van der Waals surface area contributed by atoms with E-state index in [0.717, 1.165) is 32.4 Å². The first-order chi connectivity index (χ1) is 9.64. The zero-order chi connectivity index (χ0) is 15.8. The van der Waals surface area contributed by atoms with Crippen molar-refractivity contribution in [2.75, 3.05) is 13.1 Å². The molecule has 3 atom stereocenters. The van der Waals surface area contributed by atoms with Gasteiger partial charge in [0.05, 0.1) is 5.41 Å². The first-order valence-corrected chi connectivity index (χ1v) is 7.93. The van der Waals surface area contributed by atoms with E-state index in [0.29, 0.717) is 12.3 Å². The molecule has 1 saturated carbocycles. The maximum Gasteiger partial charge on any atom is 0.317 e. The molecule has 1 aliphatic heterocycles. The number of carbonyl (C=O) groups is 2. The van der Waals surface area contributed by atoms with Gasteiger partial charge in [-0.3, -0.25) is 4.79 Å². The van der Waals surface area contributed by atoms with Gasteiger partial charge in [-0.15, -0.1) is 0 Å². The van der Waals surface area contributed by atoms with Crippen LogP contribution in [0, 0.1) is 16.7 Å². The quantitative estimate of drug-likeness (QED) is 0.823. The van der Waals surface area contributed by atoms with Gasteiger partial charge < -0.3 is 15.3 Å². The molecule has 3 unspecified atom stereocenters. The number of nitrogens with one attached hydrogen (secondary N) is 1. The van der Waals surface area contributed by atoms with Crippen LogP contribution in [-0.2, 0) is 4.79 Å². The monoisotopic (exact) mass is 296 g/mol. The van der Waals surface area contributed by atoms with Gasteiger partial charge in [0, 0.05) is 19.1 Å². The van der Waals surface area contributed by atoms with E-state index in [-0.39, 0.29) is 17.5 Å². The summed E-state index contributed by atoms with van der Waals surface area (Å²) in [6.07, 6.45) is 3.28. The van der Waals surface area contributed by atoms with Crippen molar-refractivity contribution in [3.63, 3.8) is 0 Å². The Balaban J connectivity index is 1.95. The summed E-state index contributed by atoms with van der Waals surface area (Å²) in [7, 11) is 0. The molecule has 120 valence electrons. The molecule has 2 aliphatic rings. The minimum absolute atomic E-state index is 0.0962. The molecule has 2 amide bonds. The molecule has 5 nitrogen and oxygen atoms in total. The summed E-state index contributed by atoms with van der Waals surface area (Å²) in [5.41, 5.74) is -0.614. The predicted octanol–water partition coefficient (Wildman–Crippen LogP) is 2.71. The van der Waals surface area contributed by atoms with Crippen LogP contribution in [0.15, 0.2) is 0 Å². The third-order valence-electron chi connectivity index (χ3n) is 5.44. The summed E-state index contributed by atoms with van der Waals surface area (Å²) in [6.45, 7) is 9.90. The van der Waals surface area contributed by atoms with Crippen LogP contribution in [0.2, 0.25) is 0 Å². The molecule has 0 spiro atoms. The summed E-state index contributed by atoms with van der Waals surface area (Å²) in [5.74, 6) is -0.294. The Labute approximate surface area is 127 Å². The van der Waals surface area contributed by atoms with Gasteiger partial charge in [-0.05, 0) is 37.5 Å². The van der Waals surface area contributed by atoms with Crippen molar-refractivity contribution >= 4 is 12.0 Å². The molecule has 0 aromatic rings. The molecule has 0 aromatic carbocycles. The van der Waals surface area contributed by atoms with Crippen LogP contribution in [0.1, 0.15) is 53.4 Å². The van der Waals surface area contributed by atoms with Crippen LogP contribution in [-0.4, -0.2) is 41.1 Å².